The van der Waals surface area contributed by atoms with Crippen LogP contribution in [0.4, 0.5) is 0 Å². The van der Waals surface area contributed by atoms with E-state index in [0.29, 0.717) is 20.9 Å². The smallest absolute Gasteiger partial charge is 0.283 e. The molecular weight excluding hydrogens is 366 g/mol. The van der Waals surface area contributed by atoms with Gasteiger partial charge in [-0.05, 0) is 36.8 Å². The van der Waals surface area contributed by atoms with Crippen LogP contribution in [0.1, 0.15) is 20.3 Å². The van der Waals surface area contributed by atoms with Crippen LogP contribution in [0.15, 0.2) is 58.5 Å². The minimum absolute atomic E-state index is 0.0978. The molecule has 2 heterocycles. The van der Waals surface area contributed by atoms with Crippen LogP contribution in [0.25, 0.3) is 27.6 Å². The fourth-order valence-corrected chi connectivity index (χ4v) is 3.99. The molecule has 0 aliphatic heterocycles. The van der Waals surface area contributed by atoms with Crippen molar-refractivity contribution in [1.29, 1.82) is 0 Å². The number of hydrogen-bond acceptors (Lipinski definition) is 3. The first-order chi connectivity index (χ1) is 12.6. The van der Waals surface area contributed by atoms with E-state index in [2.05, 4.69) is 18.8 Å². The monoisotopic (exact) mass is 383 g/mol. The zero-order valence-electron chi connectivity index (χ0n) is 14.5. The number of thioether (sulfide) groups is 1. The van der Waals surface area contributed by atoms with Crippen molar-refractivity contribution in [2.45, 2.75) is 30.7 Å². The molecule has 0 saturated heterocycles. The Kier molecular flexibility index (Phi) is 4.51. The normalized spacial score (nSPS) is 12.7. The van der Waals surface area contributed by atoms with Crippen molar-refractivity contribution in [2.24, 2.45) is 0 Å². The highest BCUT2D eigenvalue weighted by atomic mass is 35.5. The van der Waals surface area contributed by atoms with E-state index in [1.165, 1.54) is 0 Å². The molecule has 0 saturated carbocycles. The van der Waals surface area contributed by atoms with Crippen molar-refractivity contribution in [3.63, 3.8) is 0 Å². The second kappa shape index (κ2) is 6.82. The maximum atomic E-state index is 13.3. The fourth-order valence-electron chi connectivity index (χ4n) is 2.90. The highest BCUT2D eigenvalue weighted by molar-refractivity contribution is 7.99. The summed E-state index contributed by atoms with van der Waals surface area (Å²) in [5.74, 6) is 0. The summed E-state index contributed by atoms with van der Waals surface area (Å²) in [6.45, 7) is 4.27. The van der Waals surface area contributed by atoms with E-state index in [1.54, 1.807) is 28.5 Å². The molecule has 4 rings (SSSR count). The number of hydrogen-bond donors (Lipinski definition) is 1. The number of H-pyrrole nitrogens is 1. The molecule has 1 atom stereocenters. The van der Waals surface area contributed by atoms with Gasteiger partial charge in [0, 0.05) is 21.2 Å². The number of fused-ring (bicyclic) bond motifs is 3. The van der Waals surface area contributed by atoms with E-state index >= 15 is 0 Å². The summed E-state index contributed by atoms with van der Waals surface area (Å²) in [6.07, 6.45) is 0.993. The van der Waals surface area contributed by atoms with Gasteiger partial charge >= 0.3 is 0 Å². The van der Waals surface area contributed by atoms with E-state index in [1.807, 2.05) is 36.4 Å². The Morgan fingerprint density at radius 3 is 2.65 bits per heavy atom. The predicted molar refractivity (Wildman–Crippen MR) is 110 cm³/mol. The Hall–Kier alpha value is -2.24. The number of nitrogens with one attached hydrogen (secondary N) is 1. The Morgan fingerprint density at radius 1 is 1.19 bits per heavy atom. The fraction of sp³-hybridized carbons (Fsp3) is 0.200. The molecule has 0 spiro atoms. The number of para-hydroxylation sites is 1. The van der Waals surface area contributed by atoms with E-state index in [0.717, 1.165) is 28.5 Å². The van der Waals surface area contributed by atoms with Gasteiger partial charge < -0.3 is 4.98 Å². The van der Waals surface area contributed by atoms with Crippen molar-refractivity contribution in [2.75, 3.05) is 0 Å². The first-order valence-corrected chi connectivity index (χ1v) is 9.80. The Balaban J connectivity index is 2.05. The van der Waals surface area contributed by atoms with Crippen LogP contribution in [-0.4, -0.2) is 19.8 Å². The van der Waals surface area contributed by atoms with Gasteiger partial charge in [-0.25, -0.2) is 4.98 Å². The van der Waals surface area contributed by atoms with Crippen molar-refractivity contribution in [3.05, 3.63) is 63.9 Å². The third kappa shape index (κ3) is 2.91. The largest absolute Gasteiger partial charge is 0.349 e. The zero-order valence-corrected chi connectivity index (χ0v) is 16.1. The molecule has 1 N–H and O–H groups in total. The lowest BCUT2D eigenvalue weighted by Crippen LogP contribution is -2.22. The molecule has 2 aromatic heterocycles. The number of rotatable bonds is 4. The summed E-state index contributed by atoms with van der Waals surface area (Å²) in [4.78, 5) is 21.4. The standard InChI is InChI=1S/C20H18ClN3OS/c1-3-12(2)26-20-23-17-15-6-4-5-7-16(15)22-18(17)19(25)24(20)14-10-8-13(21)9-11-14/h4-12,22H,3H2,1-2H3/t12-/m1/s1. The van der Waals surface area contributed by atoms with Crippen LogP contribution in [0.5, 0.6) is 0 Å². The molecule has 4 aromatic rings. The second-order valence-corrected chi connectivity index (χ2v) is 8.08. The SMILES string of the molecule is CC[C@@H](C)Sc1nc2c([nH]c3ccccc32)c(=O)n1-c1ccc(Cl)cc1. The molecular formula is C20H18ClN3OS. The van der Waals surface area contributed by atoms with Crippen molar-refractivity contribution < 1.29 is 0 Å². The number of nitrogens with zero attached hydrogens (tertiary/aromatic N) is 2. The Bertz CT molecular complexity index is 1150. The molecule has 0 amide bonds. The predicted octanol–water partition coefficient (Wildman–Crippen LogP) is 5.41. The van der Waals surface area contributed by atoms with Gasteiger partial charge in [0.15, 0.2) is 5.16 Å². The van der Waals surface area contributed by atoms with Gasteiger partial charge in [0.2, 0.25) is 0 Å². The van der Waals surface area contributed by atoms with Gasteiger partial charge in [0.05, 0.1) is 5.69 Å². The maximum absolute atomic E-state index is 13.3. The van der Waals surface area contributed by atoms with E-state index in [-0.39, 0.29) is 5.56 Å². The number of aromatic amines is 1. The summed E-state index contributed by atoms with van der Waals surface area (Å²) in [5.41, 5.74) is 2.83. The first kappa shape index (κ1) is 17.2. The molecule has 2 aromatic carbocycles. The number of aromatic nitrogens is 3. The molecule has 6 heteroatoms. The lowest BCUT2D eigenvalue weighted by molar-refractivity contribution is 0.806. The summed E-state index contributed by atoms with van der Waals surface area (Å²) in [5, 5.41) is 2.65. The van der Waals surface area contributed by atoms with Crippen LogP contribution in [-0.2, 0) is 0 Å². The molecule has 0 fully saturated rings. The second-order valence-electron chi connectivity index (χ2n) is 6.24. The first-order valence-electron chi connectivity index (χ1n) is 8.54. The quantitative estimate of drug-likeness (QED) is 0.378. The highest BCUT2D eigenvalue weighted by Gasteiger charge is 2.18. The van der Waals surface area contributed by atoms with Crippen LogP contribution in [0.2, 0.25) is 5.02 Å². The molecule has 0 bridgehead atoms. The number of benzene rings is 2. The molecule has 4 nitrogen and oxygen atoms in total. The van der Waals surface area contributed by atoms with Crippen molar-refractivity contribution in [3.8, 4) is 5.69 Å². The van der Waals surface area contributed by atoms with E-state index < -0.39 is 0 Å². The Labute approximate surface area is 160 Å². The average molecular weight is 384 g/mol. The topological polar surface area (TPSA) is 50.7 Å². The van der Waals surface area contributed by atoms with E-state index in [9.17, 15) is 4.79 Å². The van der Waals surface area contributed by atoms with Crippen LogP contribution in [0.3, 0.4) is 0 Å². The van der Waals surface area contributed by atoms with Gasteiger partial charge in [0.1, 0.15) is 11.0 Å². The van der Waals surface area contributed by atoms with Gasteiger partial charge in [-0.1, -0.05) is 55.4 Å². The molecule has 132 valence electrons. The van der Waals surface area contributed by atoms with E-state index in [4.69, 9.17) is 16.6 Å². The van der Waals surface area contributed by atoms with Crippen LogP contribution in [0, 0.1) is 0 Å². The highest BCUT2D eigenvalue weighted by Crippen LogP contribution is 2.29. The van der Waals surface area contributed by atoms with Crippen molar-refractivity contribution >= 4 is 45.3 Å². The minimum atomic E-state index is -0.0978. The Morgan fingerprint density at radius 2 is 1.92 bits per heavy atom. The van der Waals surface area contributed by atoms with Gasteiger partial charge in [-0.3, -0.25) is 9.36 Å². The van der Waals surface area contributed by atoms with Gasteiger partial charge in [0.25, 0.3) is 5.56 Å². The minimum Gasteiger partial charge on any atom is -0.349 e. The zero-order chi connectivity index (χ0) is 18.3. The summed E-state index contributed by atoms with van der Waals surface area (Å²) >= 11 is 7.63. The summed E-state index contributed by atoms with van der Waals surface area (Å²) in [7, 11) is 0. The van der Waals surface area contributed by atoms with Crippen molar-refractivity contribution in [1.82, 2.24) is 14.5 Å². The third-order valence-corrected chi connectivity index (χ3v) is 5.93. The van der Waals surface area contributed by atoms with Gasteiger partial charge in [-0.2, -0.15) is 0 Å². The third-order valence-electron chi connectivity index (χ3n) is 4.46. The van der Waals surface area contributed by atoms with Crippen LogP contribution >= 0.6 is 23.4 Å². The maximum Gasteiger partial charge on any atom is 0.283 e. The van der Waals surface area contributed by atoms with Crippen LogP contribution < -0.4 is 5.56 Å². The average Bonchev–Trinajstić information content (AvgIpc) is 3.02. The lowest BCUT2D eigenvalue weighted by atomic mass is 10.2. The molecule has 26 heavy (non-hydrogen) atoms. The van der Waals surface area contributed by atoms with Gasteiger partial charge in [-0.15, -0.1) is 0 Å². The summed E-state index contributed by atoms with van der Waals surface area (Å²) in [6, 6.07) is 15.1. The molecule has 0 aliphatic carbocycles. The molecule has 0 unspecified atom stereocenters. The number of halogens is 1. The summed E-state index contributed by atoms with van der Waals surface area (Å²) < 4.78 is 1.67. The lowest BCUT2D eigenvalue weighted by Gasteiger charge is -2.14. The molecule has 0 aliphatic rings. The molecule has 0 radical (unpaired) electrons.